The highest BCUT2D eigenvalue weighted by molar-refractivity contribution is 5.92. The molecular formula is C21H27N5O3. The molecule has 0 atom stereocenters. The summed E-state index contributed by atoms with van der Waals surface area (Å²) in [7, 11) is 0. The van der Waals surface area contributed by atoms with Crippen LogP contribution >= 0.6 is 0 Å². The van der Waals surface area contributed by atoms with Gasteiger partial charge in [0.25, 0.3) is 5.91 Å². The molecule has 1 aliphatic heterocycles. The lowest BCUT2D eigenvalue weighted by atomic mass is 10.1. The van der Waals surface area contributed by atoms with Crippen molar-refractivity contribution < 1.29 is 14.3 Å². The van der Waals surface area contributed by atoms with Crippen LogP contribution in [0, 0.1) is 0 Å². The summed E-state index contributed by atoms with van der Waals surface area (Å²) in [4.78, 5) is 36.4. The van der Waals surface area contributed by atoms with E-state index in [-0.39, 0.29) is 12.0 Å². The average Bonchev–Trinajstić information content (AvgIpc) is 2.77. The first-order valence-electron chi connectivity index (χ1n) is 9.99. The number of carbonyl (C=O) groups is 2. The summed E-state index contributed by atoms with van der Waals surface area (Å²) in [5, 5.41) is 3.19. The Balaban J connectivity index is 1.47. The number of nitrogens with zero attached hydrogens (tertiary/aromatic N) is 4. The van der Waals surface area contributed by atoms with Gasteiger partial charge >= 0.3 is 6.09 Å². The van der Waals surface area contributed by atoms with Crippen molar-refractivity contribution in [1.82, 2.24) is 19.8 Å². The lowest BCUT2D eigenvalue weighted by molar-refractivity contribution is 0.0566. The highest BCUT2D eigenvalue weighted by atomic mass is 16.6. The van der Waals surface area contributed by atoms with Gasteiger partial charge < -0.3 is 19.9 Å². The number of amides is 2. The summed E-state index contributed by atoms with van der Waals surface area (Å²) in [5.74, 6) is 0.303. The molecule has 0 saturated carbocycles. The Bertz CT molecular complexity index is 807. The van der Waals surface area contributed by atoms with E-state index in [1.54, 1.807) is 29.0 Å². The van der Waals surface area contributed by atoms with Crippen LogP contribution in [0.15, 0.2) is 42.6 Å². The van der Waals surface area contributed by atoms with Crippen LogP contribution in [0.2, 0.25) is 0 Å². The number of nitrogens with one attached hydrogen (secondary N) is 1. The zero-order chi connectivity index (χ0) is 20.5. The molecule has 0 aliphatic carbocycles. The predicted molar refractivity (Wildman–Crippen MR) is 110 cm³/mol. The Hall–Kier alpha value is -3.16. The molecule has 0 bridgehead atoms. The highest BCUT2D eigenvalue weighted by Crippen LogP contribution is 2.10. The minimum absolute atomic E-state index is 0.150. The van der Waals surface area contributed by atoms with E-state index in [9.17, 15) is 9.59 Å². The van der Waals surface area contributed by atoms with Crippen LogP contribution in [0.1, 0.15) is 29.4 Å². The molecule has 0 unspecified atom stereocenters. The molecule has 2 aromatic rings. The van der Waals surface area contributed by atoms with Gasteiger partial charge in [0.1, 0.15) is 5.69 Å². The number of carbonyl (C=O) groups excluding carboxylic acids is 2. The van der Waals surface area contributed by atoms with E-state index in [1.165, 1.54) is 5.56 Å². The van der Waals surface area contributed by atoms with Gasteiger partial charge in [0.15, 0.2) is 0 Å². The Morgan fingerprint density at radius 2 is 1.79 bits per heavy atom. The summed E-state index contributed by atoms with van der Waals surface area (Å²) in [6.45, 7) is 4.69. The zero-order valence-electron chi connectivity index (χ0n) is 16.7. The third-order valence-electron chi connectivity index (χ3n) is 4.74. The van der Waals surface area contributed by atoms with Gasteiger partial charge in [-0.1, -0.05) is 30.3 Å². The monoisotopic (exact) mass is 397 g/mol. The van der Waals surface area contributed by atoms with Crippen molar-refractivity contribution in [3.05, 3.63) is 53.9 Å². The van der Waals surface area contributed by atoms with E-state index in [1.807, 2.05) is 18.2 Å². The van der Waals surface area contributed by atoms with Gasteiger partial charge in [-0.25, -0.2) is 14.8 Å². The molecule has 29 heavy (non-hydrogen) atoms. The second-order valence-electron chi connectivity index (χ2n) is 6.76. The Morgan fingerprint density at radius 1 is 1.07 bits per heavy atom. The molecular weight excluding hydrogens is 370 g/mol. The van der Waals surface area contributed by atoms with Gasteiger partial charge in [-0.3, -0.25) is 4.79 Å². The number of hydrogen-bond acceptors (Lipinski definition) is 6. The van der Waals surface area contributed by atoms with Crippen LogP contribution in [0.4, 0.5) is 10.7 Å². The van der Waals surface area contributed by atoms with Crippen LogP contribution in [0.25, 0.3) is 0 Å². The molecule has 1 fully saturated rings. The first-order valence-corrected chi connectivity index (χ1v) is 9.99. The molecule has 0 spiro atoms. The highest BCUT2D eigenvalue weighted by Gasteiger charge is 2.26. The van der Waals surface area contributed by atoms with Crippen LogP contribution in [0.3, 0.4) is 0 Å². The molecule has 8 nitrogen and oxygen atoms in total. The Morgan fingerprint density at radius 3 is 2.52 bits per heavy atom. The number of hydrogen-bond donors (Lipinski definition) is 1. The SMILES string of the molecule is CCOC(=O)N1CCN(C(=O)c2ccnc(NCCCc3ccccc3)n2)CC1. The zero-order valence-corrected chi connectivity index (χ0v) is 16.7. The molecule has 0 radical (unpaired) electrons. The molecule has 8 heteroatoms. The fourth-order valence-electron chi connectivity index (χ4n) is 3.17. The van der Waals surface area contributed by atoms with Gasteiger partial charge in [0.2, 0.25) is 5.95 Å². The Kier molecular flexibility index (Phi) is 7.38. The molecule has 1 aromatic carbocycles. The normalized spacial score (nSPS) is 13.8. The van der Waals surface area contributed by atoms with Crippen LogP contribution in [0.5, 0.6) is 0 Å². The van der Waals surface area contributed by atoms with E-state index in [0.717, 1.165) is 19.4 Å². The van der Waals surface area contributed by atoms with Crippen molar-refractivity contribution in [1.29, 1.82) is 0 Å². The smallest absolute Gasteiger partial charge is 0.409 e. The van der Waals surface area contributed by atoms with Crippen LogP contribution in [-0.2, 0) is 11.2 Å². The van der Waals surface area contributed by atoms with E-state index in [4.69, 9.17) is 4.74 Å². The summed E-state index contributed by atoms with van der Waals surface area (Å²) >= 11 is 0. The third kappa shape index (κ3) is 5.91. The van der Waals surface area contributed by atoms with Crippen molar-refractivity contribution in [2.24, 2.45) is 0 Å². The average molecular weight is 397 g/mol. The standard InChI is InChI=1S/C21H27N5O3/c1-2-29-21(28)26-15-13-25(14-16-26)19(27)18-10-12-23-20(24-18)22-11-6-9-17-7-4-3-5-8-17/h3-5,7-8,10,12H,2,6,9,11,13-16H2,1H3,(H,22,23,24). The lowest BCUT2D eigenvalue weighted by Gasteiger charge is -2.33. The first kappa shape index (κ1) is 20.6. The molecule has 1 aromatic heterocycles. The molecule has 1 aliphatic rings. The van der Waals surface area contributed by atoms with E-state index in [2.05, 4.69) is 27.4 Å². The minimum atomic E-state index is -0.330. The molecule has 2 heterocycles. The third-order valence-corrected chi connectivity index (χ3v) is 4.74. The van der Waals surface area contributed by atoms with E-state index in [0.29, 0.717) is 44.4 Å². The molecule has 154 valence electrons. The van der Waals surface area contributed by atoms with Crippen LogP contribution < -0.4 is 5.32 Å². The first-order chi connectivity index (χ1) is 14.2. The second-order valence-corrected chi connectivity index (χ2v) is 6.76. The number of rotatable bonds is 7. The van der Waals surface area contributed by atoms with Gasteiger partial charge in [0, 0.05) is 38.9 Å². The molecule has 2 amide bonds. The maximum absolute atomic E-state index is 12.7. The maximum Gasteiger partial charge on any atom is 0.409 e. The van der Waals surface area contributed by atoms with Crippen LogP contribution in [-0.4, -0.2) is 71.1 Å². The van der Waals surface area contributed by atoms with Gasteiger partial charge in [-0.2, -0.15) is 0 Å². The van der Waals surface area contributed by atoms with Crippen molar-refractivity contribution in [2.75, 3.05) is 44.6 Å². The summed E-state index contributed by atoms with van der Waals surface area (Å²) < 4.78 is 5.01. The predicted octanol–water partition coefficient (Wildman–Crippen LogP) is 2.44. The van der Waals surface area contributed by atoms with E-state index < -0.39 is 0 Å². The Labute approximate surface area is 170 Å². The van der Waals surface area contributed by atoms with Crippen molar-refractivity contribution in [2.45, 2.75) is 19.8 Å². The quantitative estimate of drug-likeness (QED) is 0.722. The van der Waals surface area contributed by atoms with Gasteiger partial charge in [-0.15, -0.1) is 0 Å². The summed E-state index contributed by atoms with van der Waals surface area (Å²) in [6, 6.07) is 11.9. The molecule has 3 rings (SSSR count). The van der Waals surface area contributed by atoms with Crippen molar-refractivity contribution in [3.8, 4) is 0 Å². The fourth-order valence-corrected chi connectivity index (χ4v) is 3.17. The minimum Gasteiger partial charge on any atom is -0.450 e. The number of ether oxygens (including phenoxy) is 1. The number of piperazine rings is 1. The van der Waals surface area contributed by atoms with Gasteiger partial charge in [0.05, 0.1) is 6.61 Å². The largest absolute Gasteiger partial charge is 0.450 e. The van der Waals surface area contributed by atoms with Gasteiger partial charge in [-0.05, 0) is 31.4 Å². The molecule has 1 N–H and O–H groups in total. The summed E-state index contributed by atoms with van der Waals surface area (Å²) in [5.41, 5.74) is 1.65. The van der Waals surface area contributed by atoms with Crippen molar-refractivity contribution in [3.63, 3.8) is 0 Å². The maximum atomic E-state index is 12.7. The van der Waals surface area contributed by atoms with Crippen molar-refractivity contribution >= 4 is 17.9 Å². The van der Waals surface area contributed by atoms with E-state index >= 15 is 0 Å². The number of anilines is 1. The molecule has 1 saturated heterocycles. The number of aryl methyl sites for hydroxylation is 1. The second kappa shape index (κ2) is 10.4. The number of aromatic nitrogens is 2. The number of benzene rings is 1. The fraction of sp³-hybridized carbons (Fsp3) is 0.429. The topological polar surface area (TPSA) is 87.7 Å². The lowest BCUT2D eigenvalue weighted by Crippen LogP contribution is -2.50. The summed E-state index contributed by atoms with van der Waals surface area (Å²) in [6.07, 6.45) is 3.18.